The molecule has 0 saturated heterocycles. The SMILES string of the molecule is Br.Br.CCCCCCP(CCP(CCCCCC)C(C)C)C(C)C. The lowest BCUT2D eigenvalue weighted by molar-refractivity contribution is 0.702. The van der Waals surface area contributed by atoms with Crippen molar-refractivity contribution in [2.75, 3.05) is 24.6 Å². The van der Waals surface area contributed by atoms with Crippen LogP contribution in [-0.4, -0.2) is 36.0 Å². The first-order valence-corrected chi connectivity index (χ1v) is 13.6. The van der Waals surface area contributed by atoms with Crippen LogP contribution in [0.5, 0.6) is 0 Å². The molecule has 4 heteroatoms. The van der Waals surface area contributed by atoms with Crippen LogP contribution in [0.15, 0.2) is 0 Å². The van der Waals surface area contributed by atoms with Crippen molar-refractivity contribution in [2.45, 2.75) is 104 Å². The largest absolute Gasteiger partial charge is 0.114 e. The van der Waals surface area contributed by atoms with Crippen molar-refractivity contribution in [2.24, 2.45) is 0 Å². The fraction of sp³-hybridized carbons (Fsp3) is 1.00. The summed E-state index contributed by atoms with van der Waals surface area (Å²) in [6.07, 6.45) is 17.8. The summed E-state index contributed by atoms with van der Waals surface area (Å²) >= 11 is 0. The smallest absolute Gasteiger partial charge is 0.0266 e. The summed E-state index contributed by atoms with van der Waals surface area (Å²) in [5, 5.41) is 0. The van der Waals surface area contributed by atoms with Gasteiger partial charge in [0.15, 0.2) is 0 Å². The van der Waals surface area contributed by atoms with Gasteiger partial charge < -0.3 is 0 Å². The molecule has 0 aromatic rings. The van der Waals surface area contributed by atoms with Gasteiger partial charge in [-0.25, -0.2) is 0 Å². The van der Waals surface area contributed by atoms with Crippen LogP contribution in [0.3, 0.4) is 0 Å². The zero-order valence-corrected chi connectivity index (χ0v) is 22.6. The van der Waals surface area contributed by atoms with Gasteiger partial charge in [0.25, 0.3) is 0 Å². The molecule has 0 radical (unpaired) electrons. The lowest BCUT2D eigenvalue weighted by Gasteiger charge is -2.27. The van der Waals surface area contributed by atoms with E-state index in [1.54, 1.807) is 24.6 Å². The molecule has 0 nitrogen and oxygen atoms in total. The van der Waals surface area contributed by atoms with E-state index < -0.39 is 0 Å². The molecule has 0 rings (SSSR count). The van der Waals surface area contributed by atoms with E-state index in [1.165, 1.54) is 51.4 Å². The highest BCUT2D eigenvalue weighted by Gasteiger charge is 2.17. The zero-order chi connectivity index (χ0) is 16.8. The molecule has 0 fully saturated rings. The van der Waals surface area contributed by atoms with Gasteiger partial charge >= 0.3 is 0 Å². The molecular formula is C20H46Br2P2. The Hall–Kier alpha value is 1.82. The lowest BCUT2D eigenvalue weighted by Crippen LogP contribution is -2.08. The predicted molar refractivity (Wildman–Crippen MR) is 133 cm³/mol. The number of hydrogen-bond acceptors (Lipinski definition) is 0. The standard InChI is InChI=1S/C20H44P2.2BrH/c1-7-9-11-13-15-21(19(3)4)17-18-22(20(5)6)16-14-12-10-8-2;;/h19-20H,7-18H2,1-6H3;2*1H. The summed E-state index contributed by atoms with van der Waals surface area (Å²) in [4.78, 5) is 0. The molecule has 0 heterocycles. The van der Waals surface area contributed by atoms with Crippen molar-refractivity contribution in [3.63, 3.8) is 0 Å². The molecule has 0 spiro atoms. The molecular weight excluding hydrogens is 462 g/mol. The Labute approximate surface area is 178 Å². The molecule has 2 atom stereocenters. The van der Waals surface area contributed by atoms with Gasteiger partial charge in [-0.1, -0.05) is 80.1 Å². The van der Waals surface area contributed by atoms with Gasteiger partial charge in [-0.2, -0.15) is 0 Å². The first-order chi connectivity index (χ1) is 10.5. The van der Waals surface area contributed by atoms with Gasteiger partial charge in [-0.15, -0.1) is 49.8 Å². The van der Waals surface area contributed by atoms with Gasteiger partial charge in [0.2, 0.25) is 0 Å². The van der Waals surface area contributed by atoms with E-state index >= 15 is 0 Å². The van der Waals surface area contributed by atoms with Crippen molar-refractivity contribution in [1.82, 2.24) is 0 Å². The first-order valence-electron chi connectivity index (χ1n) is 10.0. The summed E-state index contributed by atoms with van der Waals surface area (Å²) in [5.74, 6) is 0. The van der Waals surface area contributed by atoms with Gasteiger partial charge in [0, 0.05) is 0 Å². The van der Waals surface area contributed by atoms with Crippen molar-refractivity contribution in [3.8, 4) is 0 Å². The average molecular weight is 508 g/mol. The second-order valence-corrected chi connectivity index (χ2v) is 13.6. The van der Waals surface area contributed by atoms with Crippen molar-refractivity contribution in [3.05, 3.63) is 0 Å². The lowest BCUT2D eigenvalue weighted by atomic mass is 10.2. The molecule has 2 unspecified atom stereocenters. The first kappa shape index (κ1) is 30.5. The Bertz CT molecular complexity index is 212. The maximum absolute atomic E-state index is 2.48. The van der Waals surface area contributed by atoms with Crippen LogP contribution < -0.4 is 0 Å². The molecule has 0 bridgehead atoms. The summed E-state index contributed by atoms with van der Waals surface area (Å²) in [6, 6.07) is 0. The highest BCUT2D eigenvalue weighted by molar-refractivity contribution is 8.93. The van der Waals surface area contributed by atoms with E-state index in [0.717, 1.165) is 11.3 Å². The quantitative estimate of drug-likeness (QED) is 0.153. The van der Waals surface area contributed by atoms with Gasteiger partial charge in [-0.3, -0.25) is 0 Å². The third-order valence-electron chi connectivity index (χ3n) is 4.73. The summed E-state index contributed by atoms with van der Waals surface area (Å²) in [6.45, 7) is 14.5. The Kier molecular flexibility index (Phi) is 26.9. The topological polar surface area (TPSA) is 0 Å². The van der Waals surface area contributed by atoms with E-state index in [0.29, 0.717) is 15.8 Å². The van der Waals surface area contributed by atoms with Gasteiger partial charge in [0.1, 0.15) is 0 Å². The normalized spacial score (nSPS) is 13.5. The van der Waals surface area contributed by atoms with Crippen LogP contribution in [0, 0.1) is 0 Å². The second-order valence-electron chi connectivity index (χ2n) is 7.38. The summed E-state index contributed by atoms with van der Waals surface area (Å²) < 4.78 is 0. The highest BCUT2D eigenvalue weighted by Crippen LogP contribution is 2.49. The molecule has 0 aliphatic heterocycles. The molecule has 0 N–H and O–H groups in total. The van der Waals surface area contributed by atoms with Crippen molar-refractivity contribution < 1.29 is 0 Å². The maximum atomic E-state index is 2.48. The Morgan fingerprint density at radius 1 is 0.500 bits per heavy atom. The fourth-order valence-electron chi connectivity index (χ4n) is 3.00. The van der Waals surface area contributed by atoms with Gasteiger partial charge in [-0.05, 0) is 48.8 Å². The van der Waals surface area contributed by atoms with Crippen LogP contribution in [0.4, 0.5) is 0 Å². The van der Waals surface area contributed by atoms with E-state index in [9.17, 15) is 0 Å². The van der Waals surface area contributed by atoms with E-state index in [2.05, 4.69) is 41.5 Å². The minimum absolute atomic E-state index is 0. The molecule has 0 aliphatic carbocycles. The third kappa shape index (κ3) is 17.2. The van der Waals surface area contributed by atoms with Crippen molar-refractivity contribution in [1.29, 1.82) is 0 Å². The summed E-state index contributed by atoms with van der Waals surface area (Å²) in [7, 11) is 0.602. The number of hydrogen-bond donors (Lipinski definition) is 0. The third-order valence-corrected chi connectivity index (χ3v) is 11.4. The number of halogens is 2. The van der Waals surface area contributed by atoms with Crippen LogP contribution in [-0.2, 0) is 0 Å². The zero-order valence-electron chi connectivity index (χ0n) is 17.4. The summed E-state index contributed by atoms with van der Waals surface area (Å²) in [5.41, 5.74) is 1.89. The fourth-order valence-corrected chi connectivity index (χ4v) is 8.82. The number of rotatable bonds is 15. The molecule has 0 amide bonds. The van der Waals surface area contributed by atoms with Crippen LogP contribution in [0.2, 0.25) is 0 Å². The maximum Gasteiger partial charge on any atom is -0.0266 e. The minimum atomic E-state index is 0. The minimum Gasteiger partial charge on any atom is -0.114 e. The molecule has 0 aromatic carbocycles. The Morgan fingerprint density at radius 2 is 0.833 bits per heavy atom. The molecule has 0 saturated carbocycles. The molecule has 0 aromatic heterocycles. The second kappa shape index (κ2) is 21.1. The molecule has 24 heavy (non-hydrogen) atoms. The molecule has 0 aliphatic rings. The predicted octanol–water partition coefficient (Wildman–Crippen LogP) is 9.08. The van der Waals surface area contributed by atoms with Gasteiger partial charge in [0.05, 0.1) is 0 Å². The van der Waals surface area contributed by atoms with Crippen molar-refractivity contribution >= 4 is 49.8 Å². The Morgan fingerprint density at radius 3 is 1.08 bits per heavy atom. The van der Waals surface area contributed by atoms with E-state index in [-0.39, 0.29) is 34.0 Å². The molecule has 150 valence electrons. The van der Waals surface area contributed by atoms with Crippen LogP contribution in [0.25, 0.3) is 0 Å². The Balaban J connectivity index is -0.00000220. The highest BCUT2D eigenvalue weighted by atomic mass is 79.9. The number of unbranched alkanes of at least 4 members (excludes halogenated alkanes) is 6. The van der Waals surface area contributed by atoms with E-state index in [1.807, 2.05) is 0 Å². The monoisotopic (exact) mass is 506 g/mol. The van der Waals surface area contributed by atoms with E-state index in [4.69, 9.17) is 0 Å². The van der Waals surface area contributed by atoms with Crippen LogP contribution >= 0.6 is 49.8 Å². The van der Waals surface area contributed by atoms with Crippen LogP contribution in [0.1, 0.15) is 92.9 Å². The average Bonchev–Trinajstić information content (AvgIpc) is 2.47.